The molecule has 0 bridgehead atoms. The summed E-state index contributed by atoms with van der Waals surface area (Å²) in [5.74, 6) is -0.278. The fraction of sp³-hybridized carbons (Fsp3) is 0.200. The monoisotopic (exact) mass is 334 g/mol. The number of anilines is 1. The molecule has 0 saturated carbocycles. The summed E-state index contributed by atoms with van der Waals surface area (Å²) in [5.41, 5.74) is 1.96. The fourth-order valence-electron chi connectivity index (χ4n) is 1.86. The molecule has 1 heterocycles. The zero-order chi connectivity index (χ0) is 14.7. The number of carbonyl (C=O) groups excluding carboxylic acids is 1. The van der Waals surface area contributed by atoms with Crippen molar-refractivity contribution in [1.82, 2.24) is 4.57 Å². The predicted octanol–water partition coefficient (Wildman–Crippen LogP) is 2.96. The summed E-state index contributed by atoms with van der Waals surface area (Å²) >= 11 is 3.41. The van der Waals surface area contributed by atoms with E-state index in [0.29, 0.717) is 5.56 Å². The number of halogens is 1. The Morgan fingerprint density at radius 2 is 2.05 bits per heavy atom. The molecule has 1 N–H and O–H groups in total. The third-order valence-corrected chi connectivity index (χ3v) is 3.56. The van der Waals surface area contributed by atoms with Crippen molar-refractivity contribution in [3.8, 4) is 0 Å². The predicted molar refractivity (Wildman–Crippen MR) is 83.2 cm³/mol. The van der Waals surface area contributed by atoms with Crippen LogP contribution in [0.15, 0.2) is 45.8 Å². The first-order valence-corrected chi connectivity index (χ1v) is 7.07. The molecule has 0 aliphatic heterocycles. The average molecular weight is 335 g/mol. The van der Waals surface area contributed by atoms with Crippen molar-refractivity contribution >= 4 is 27.5 Å². The normalized spacial score (nSPS) is 10.3. The molecule has 2 rings (SSSR count). The van der Waals surface area contributed by atoms with Crippen LogP contribution in [-0.2, 0) is 13.5 Å². The largest absolute Gasteiger partial charge is 0.322 e. The molecule has 0 spiro atoms. The van der Waals surface area contributed by atoms with Crippen LogP contribution in [-0.4, -0.2) is 10.5 Å². The van der Waals surface area contributed by atoms with Crippen LogP contribution in [0.5, 0.6) is 0 Å². The van der Waals surface area contributed by atoms with Crippen LogP contribution in [0.4, 0.5) is 5.69 Å². The zero-order valence-corrected chi connectivity index (χ0v) is 12.9. The molecular formula is C15H15BrN2O2. The SMILES string of the molecule is CCc1cc(Br)ccc1NC(=O)c1ccn(C)c(=O)c1. The van der Waals surface area contributed by atoms with Gasteiger partial charge in [0.05, 0.1) is 0 Å². The van der Waals surface area contributed by atoms with Crippen LogP contribution in [0.1, 0.15) is 22.8 Å². The Morgan fingerprint density at radius 1 is 1.30 bits per heavy atom. The van der Waals surface area contributed by atoms with Crippen molar-refractivity contribution < 1.29 is 4.79 Å². The first kappa shape index (κ1) is 14.5. The Morgan fingerprint density at radius 3 is 2.70 bits per heavy atom. The van der Waals surface area contributed by atoms with E-state index in [1.807, 2.05) is 25.1 Å². The van der Waals surface area contributed by atoms with Crippen LogP contribution in [0.2, 0.25) is 0 Å². The molecule has 0 radical (unpaired) electrons. The topological polar surface area (TPSA) is 51.1 Å². The number of carbonyl (C=O) groups is 1. The van der Waals surface area contributed by atoms with Gasteiger partial charge in [-0.25, -0.2) is 0 Å². The molecule has 1 aromatic heterocycles. The van der Waals surface area contributed by atoms with Gasteiger partial charge in [-0.3, -0.25) is 9.59 Å². The van der Waals surface area contributed by atoms with Gasteiger partial charge in [0.15, 0.2) is 0 Å². The summed E-state index contributed by atoms with van der Waals surface area (Å²) in [7, 11) is 1.65. The molecule has 104 valence electrons. The van der Waals surface area contributed by atoms with E-state index in [1.54, 1.807) is 19.3 Å². The highest BCUT2D eigenvalue weighted by Gasteiger charge is 2.09. The minimum atomic E-state index is -0.278. The number of amides is 1. The maximum absolute atomic E-state index is 12.2. The molecule has 0 fully saturated rings. The second-order valence-corrected chi connectivity index (χ2v) is 5.39. The first-order valence-electron chi connectivity index (χ1n) is 6.27. The van der Waals surface area contributed by atoms with Gasteiger partial charge < -0.3 is 9.88 Å². The molecule has 0 aliphatic rings. The molecule has 5 heteroatoms. The Kier molecular flexibility index (Phi) is 4.39. The lowest BCUT2D eigenvalue weighted by Gasteiger charge is -2.10. The fourth-order valence-corrected chi connectivity index (χ4v) is 2.27. The standard InChI is InChI=1S/C15H15BrN2O2/c1-3-10-8-12(16)4-5-13(10)17-15(20)11-6-7-18(2)14(19)9-11/h4-9H,3H2,1-2H3,(H,17,20). The molecule has 0 unspecified atom stereocenters. The molecule has 20 heavy (non-hydrogen) atoms. The van der Waals surface area contributed by atoms with E-state index in [4.69, 9.17) is 0 Å². The van der Waals surface area contributed by atoms with Gasteiger partial charge in [-0.05, 0) is 36.2 Å². The highest BCUT2D eigenvalue weighted by atomic mass is 79.9. The quantitative estimate of drug-likeness (QED) is 0.938. The number of rotatable bonds is 3. The summed E-state index contributed by atoms with van der Waals surface area (Å²) in [4.78, 5) is 23.7. The highest BCUT2D eigenvalue weighted by Crippen LogP contribution is 2.22. The van der Waals surface area contributed by atoms with E-state index in [0.717, 1.165) is 22.1 Å². The lowest BCUT2D eigenvalue weighted by atomic mass is 10.1. The van der Waals surface area contributed by atoms with Gasteiger partial charge in [-0.15, -0.1) is 0 Å². The molecule has 4 nitrogen and oxygen atoms in total. The van der Waals surface area contributed by atoms with Crippen molar-refractivity contribution in [3.05, 3.63) is 62.5 Å². The van der Waals surface area contributed by atoms with Gasteiger partial charge in [0.2, 0.25) is 0 Å². The van der Waals surface area contributed by atoms with Crippen LogP contribution < -0.4 is 10.9 Å². The maximum atomic E-state index is 12.2. The van der Waals surface area contributed by atoms with Crippen LogP contribution in [0, 0.1) is 0 Å². The molecule has 1 aromatic carbocycles. The summed E-state index contributed by atoms with van der Waals surface area (Å²) in [6.07, 6.45) is 2.39. The summed E-state index contributed by atoms with van der Waals surface area (Å²) in [5, 5.41) is 2.84. The van der Waals surface area contributed by atoms with Crippen molar-refractivity contribution in [2.45, 2.75) is 13.3 Å². The summed E-state index contributed by atoms with van der Waals surface area (Å²) in [6.45, 7) is 2.02. The van der Waals surface area contributed by atoms with E-state index in [-0.39, 0.29) is 11.5 Å². The number of aryl methyl sites for hydroxylation is 2. The third kappa shape index (κ3) is 3.17. The lowest BCUT2D eigenvalue weighted by Crippen LogP contribution is -2.20. The Labute approximate surface area is 125 Å². The second-order valence-electron chi connectivity index (χ2n) is 4.47. The molecule has 0 saturated heterocycles. The van der Waals surface area contributed by atoms with E-state index < -0.39 is 0 Å². The van der Waals surface area contributed by atoms with Gasteiger partial charge in [0.1, 0.15) is 0 Å². The lowest BCUT2D eigenvalue weighted by molar-refractivity contribution is 0.102. The van der Waals surface area contributed by atoms with E-state index in [9.17, 15) is 9.59 Å². The smallest absolute Gasteiger partial charge is 0.255 e. The van der Waals surface area contributed by atoms with Crippen LogP contribution in [0.25, 0.3) is 0 Å². The minimum absolute atomic E-state index is 0.204. The highest BCUT2D eigenvalue weighted by molar-refractivity contribution is 9.10. The van der Waals surface area contributed by atoms with Gasteiger partial charge >= 0.3 is 0 Å². The molecule has 0 atom stereocenters. The Hall–Kier alpha value is -1.88. The van der Waals surface area contributed by atoms with Gasteiger partial charge in [0.25, 0.3) is 11.5 Å². The maximum Gasteiger partial charge on any atom is 0.255 e. The van der Waals surface area contributed by atoms with Gasteiger partial charge in [0, 0.05) is 35.0 Å². The summed E-state index contributed by atoms with van der Waals surface area (Å²) < 4.78 is 2.40. The van der Waals surface area contributed by atoms with Crippen LogP contribution >= 0.6 is 15.9 Å². The van der Waals surface area contributed by atoms with Gasteiger partial charge in [-0.1, -0.05) is 22.9 Å². The number of hydrogen-bond acceptors (Lipinski definition) is 2. The van der Waals surface area contributed by atoms with Crippen molar-refractivity contribution in [3.63, 3.8) is 0 Å². The number of hydrogen-bond donors (Lipinski definition) is 1. The molecule has 1 amide bonds. The zero-order valence-electron chi connectivity index (χ0n) is 11.3. The van der Waals surface area contributed by atoms with E-state index >= 15 is 0 Å². The first-order chi connectivity index (χ1) is 9.51. The number of nitrogens with one attached hydrogen (secondary N) is 1. The summed E-state index contributed by atoms with van der Waals surface area (Å²) in [6, 6.07) is 8.65. The van der Waals surface area contributed by atoms with Crippen molar-refractivity contribution in [1.29, 1.82) is 0 Å². The Balaban J connectivity index is 2.27. The Bertz CT molecular complexity index is 707. The van der Waals surface area contributed by atoms with E-state index in [1.165, 1.54) is 10.6 Å². The molecule has 0 aliphatic carbocycles. The van der Waals surface area contributed by atoms with Crippen molar-refractivity contribution in [2.75, 3.05) is 5.32 Å². The third-order valence-electron chi connectivity index (χ3n) is 3.06. The van der Waals surface area contributed by atoms with Crippen LogP contribution in [0.3, 0.4) is 0 Å². The number of benzene rings is 1. The molecule has 2 aromatic rings. The second kappa shape index (κ2) is 6.05. The number of aromatic nitrogens is 1. The van der Waals surface area contributed by atoms with Crippen molar-refractivity contribution in [2.24, 2.45) is 7.05 Å². The molecular weight excluding hydrogens is 320 g/mol. The number of nitrogens with zero attached hydrogens (tertiary/aromatic N) is 1. The van der Waals surface area contributed by atoms with E-state index in [2.05, 4.69) is 21.2 Å². The number of pyridine rings is 1. The average Bonchev–Trinajstić information content (AvgIpc) is 2.43. The minimum Gasteiger partial charge on any atom is -0.322 e. The van der Waals surface area contributed by atoms with Gasteiger partial charge in [-0.2, -0.15) is 0 Å².